The van der Waals surface area contributed by atoms with Crippen LogP contribution in [0.25, 0.3) is 0 Å². The van der Waals surface area contributed by atoms with Crippen molar-refractivity contribution in [3.63, 3.8) is 0 Å². The van der Waals surface area contributed by atoms with Gasteiger partial charge in [0.05, 0.1) is 6.61 Å². The first-order valence-electron chi connectivity index (χ1n) is 10.7. The summed E-state index contributed by atoms with van der Waals surface area (Å²) in [7, 11) is -4.36. The molecular formula is C21H41O4P. The molecule has 0 spiro atoms. The van der Waals surface area contributed by atoms with E-state index in [1.807, 2.05) is 0 Å². The van der Waals surface area contributed by atoms with E-state index in [0.29, 0.717) is 11.3 Å². The average Bonchev–Trinajstić information content (AvgIpc) is 2.84. The molecule has 2 aliphatic carbocycles. The zero-order chi connectivity index (χ0) is 19.6. The molecule has 0 aromatic heterocycles. The van der Waals surface area contributed by atoms with Crippen molar-refractivity contribution in [3.05, 3.63) is 0 Å². The van der Waals surface area contributed by atoms with E-state index in [0.717, 1.165) is 30.6 Å². The minimum absolute atomic E-state index is 0.147. The van der Waals surface area contributed by atoms with E-state index in [2.05, 4.69) is 34.6 Å². The molecule has 0 bridgehead atoms. The van der Waals surface area contributed by atoms with Gasteiger partial charge in [-0.05, 0) is 66.6 Å². The second-order valence-electron chi connectivity index (χ2n) is 10.1. The molecule has 0 aromatic carbocycles. The normalized spacial score (nSPS) is 36.3. The average molecular weight is 389 g/mol. The summed E-state index contributed by atoms with van der Waals surface area (Å²) in [4.78, 5) is 18.0. The maximum Gasteiger partial charge on any atom is 0.469 e. The van der Waals surface area contributed by atoms with E-state index < -0.39 is 7.82 Å². The third-order valence-corrected chi connectivity index (χ3v) is 8.29. The molecule has 2 saturated carbocycles. The summed E-state index contributed by atoms with van der Waals surface area (Å²) in [6.07, 6.45) is 11.0. The topological polar surface area (TPSA) is 66.8 Å². The highest BCUT2D eigenvalue weighted by Crippen LogP contribution is 2.64. The van der Waals surface area contributed by atoms with Crippen LogP contribution in [0.1, 0.15) is 92.4 Å². The third-order valence-electron chi connectivity index (χ3n) is 7.77. The first-order chi connectivity index (χ1) is 12.0. The molecule has 0 aromatic rings. The van der Waals surface area contributed by atoms with Gasteiger partial charge in [-0.3, -0.25) is 4.52 Å². The van der Waals surface area contributed by atoms with Crippen LogP contribution in [0, 0.1) is 34.5 Å². The van der Waals surface area contributed by atoms with Crippen LogP contribution in [0.2, 0.25) is 0 Å². The Morgan fingerprint density at radius 3 is 2.42 bits per heavy atom. The van der Waals surface area contributed by atoms with E-state index in [4.69, 9.17) is 14.3 Å². The number of rotatable bonds is 9. The van der Waals surface area contributed by atoms with E-state index in [1.54, 1.807) is 0 Å². The molecule has 0 aliphatic heterocycles. The predicted octanol–water partition coefficient (Wildman–Crippen LogP) is 6.17. The highest BCUT2D eigenvalue weighted by atomic mass is 31.2. The molecule has 0 radical (unpaired) electrons. The van der Waals surface area contributed by atoms with Gasteiger partial charge >= 0.3 is 7.82 Å². The Bertz CT molecular complexity index is 502. The Kier molecular flexibility index (Phi) is 7.44. The summed E-state index contributed by atoms with van der Waals surface area (Å²) < 4.78 is 15.8. The smallest absolute Gasteiger partial charge is 0.303 e. The summed E-state index contributed by atoms with van der Waals surface area (Å²) in [6.45, 7) is 12.1. The van der Waals surface area contributed by atoms with E-state index >= 15 is 0 Å². The van der Waals surface area contributed by atoms with Crippen LogP contribution in [-0.2, 0) is 9.09 Å². The molecule has 2 fully saturated rings. The highest BCUT2D eigenvalue weighted by molar-refractivity contribution is 7.46. The molecule has 154 valence electrons. The number of fused-ring (bicyclic) bond motifs is 1. The van der Waals surface area contributed by atoms with Crippen LogP contribution in [0.3, 0.4) is 0 Å². The van der Waals surface area contributed by atoms with Crippen LogP contribution in [0.4, 0.5) is 0 Å². The molecule has 4 nitrogen and oxygen atoms in total. The van der Waals surface area contributed by atoms with Gasteiger partial charge in [0.15, 0.2) is 0 Å². The highest BCUT2D eigenvalue weighted by Gasteiger charge is 2.56. The van der Waals surface area contributed by atoms with Crippen molar-refractivity contribution in [2.75, 3.05) is 6.61 Å². The van der Waals surface area contributed by atoms with Gasteiger partial charge in [0, 0.05) is 0 Å². The van der Waals surface area contributed by atoms with Gasteiger partial charge in [-0.25, -0.2) is 4.57 Å². The molecule has 2 aliphatic rings. The number of phosphoric acid groups is 1. The second kappa shape index (κ2) is 8.64. The SMILES string of the molecule is CC(C)CCC[C@@H](C)[C@H]1CCC2C(C)(CCOP(=O)(O)O)CCC[C@@]21C. The summed E-state index contributed by atoms with van der Waals surface area (Å²) in [5.74, 6) is 3.02. The molecule has 0 amide bonds. The van der Waals surface area contributed by atoms with Gasteiger partial charge in [0.1, 0.15) is 0 Å². The van der Waals surface area contributed by atoms with E-state index in [-0.39, 0.29) is 12.0 Å². The molecule has 5 heteroatoms. The van der Waals surface area contributed by atoms with Crippen molar-refractivity contribution in [1.82, 2.24) is 0 Å². The Labute approximate surface area is 160 Å². The minimum Gasteiger partial charge on any atom is -0.303 e. The van der Waals surface area contributed by atoms with Crippen molar-refractivity contribution < 1.29 is 18.9 Å². The Hall–Kier alpha value is 0.110. The standard InChI is InChI=1S/C21H41O4P/c1-16(2)8-6-9-17(3)18-10-11-19-20(4,12-7-13-21(18,19)5)14-15-25-26(22,23)24/h16-19H,6-15H2,1-5H3,(H2,22,23,24)/t17-,18-,19?,20?,21-/m1/s1. The lowest BCUT2D eigenvalue weighted by Crippen LogP contribution is -2.44. The summed E-state index contributed by atoms with van der Waals surface area (Å²) in [6, 6.07) is 0. The maximum absolute atomic E-state index is 11.0. The predicted molar refractivity (Wildman–Crippen MR) is 107 cm³/mol. The zero-order valence-corrected chi connectivity index (χ0v) is 18.4. The summed E-state index contributed by atoms with van der Waals surface area (Å²) in [5, 5.41) is 0. The first-order valence-corrected chi connectivity index (χ1v) is 12.2. The van der Waals surface area contributed by atoms with Gasteiger partial charge in [-0.2, -0.15) is 0 Å². The van der Waals surface area contributed by atoms with Crippen LogP contribution in [-0.4, -0.2) is 16.4 Å². The Balaban J connectivity index is 2.01. The Morgan fingerprint density at radius 1 is 1.12 bits per heavy atom. The van der Waals surface area contributed by atoms with E-state index in [9.17, 15) is 4.57 Å². The van der Waals surface area contributed by atoms with Crippen LogP contribution in [0.15, 0.2) is 0 Å². The van der Waals surface area contributed by atoms with Crippen LogP contribution >= 0.6 is 7.82 Å². The second-order valence-corrected chi connectivity index (χ2v) is 11.4. The quantitative estimate of drug-likeness (QED) is 0.463. The fourth-order valence-electron chi connectivity index (χ4n) is 6.50. The Morgan fingerprint density at radius 2 is 1.81 bits per heavy atom. The summed E-state index contributed by atoms with van der Waals surface area (Å²) in [5.41, 5.74) is 0.529. The molecule has 2 rings (SSSR count). The van der Waals surface area contributed by atoms with Gasteiger partial charge < -0.3 is 9.79 Å². The zero-order valence-electron chi connectivity index (χ0n) is 17.5. The monoisotopic (exact) mass is 388 g/mol. The van der Waals surface area contributed by atoms with Gasteiger partial charge in [-0.15, -0.1) is 0 Å². The lowest BCUT2D eigenvalue weighted by Gasteiger charge is -2.52. The number of hydrogen-bond acceptors (Lipinski definition) is 2. The number of hydrogen-bond donors (Lipinski definition) is 2. The molecule has 2 N–H and O–H groups in total. The van der Waals surface area contributed by atoms with Gasteiger partial charge in [0.25, 0.3) is 0 Å². The molecule has 26 heavy (non-hydrogen) atoms. The van der Waals surface area contributed by atoms with Crippen molar-refractivity contribution in [2.45, 2.75) is 92.4 Å². The largest absolute Gasteiger partial charge is 0.469 e. The molecule has 0 heterocycles. The maximum atomic E-state index is 11.0. The fourth-order valence-corrected chi connectivity index (χ4v) is 6.83. The molecule has 5 atom stereocenters. The van der Waals surface area contributed by atoms with Crippen molar-refractivity contribution in [1.29, 1.82) is 0 Å². The summed E-state index contributed by atoms with van der Waals surface area (Å²) >= 11 is 0. The van der Waals surface area contributed by atoms with E-state index in [1.165, 1.54) is 44.9 Å². The molecule has 2 unspecified atom stereocenters. The van der Waals surface area contributed by atoms with Gasteiger partial charge in [-0.1, -0.05) is 60.3 Å². The van der Waals surface area contributed by atoms with Crippen molar-refractivity contribution in [3.8, 4) is 0 Å². The minimum atomic E-state index is -4.36. The molecular weight excluding hydrogens is 347 g/mol. The van der Waals surface area contributed by atoms with Crippen LogP contribution < -0.4 is 0 Å². The number of phosphoric ester groups is 1. The lowest BCUT2D eigenvalue weighted by molar-refractivity contribution is -0.0348. The van der Waals surface area contributed by atoms with Crippen molar-refractivity contribution >= 4 is 7.82 Å². The molecule has 0 saturated heterocycles. The van der Waals surface area contributed by atoms with Gasteiger partial charge in [0.2, 0.25) is 0 Å². The third kappa shape index (κ3) is 5.34. The van der Waals surface area contributed by atoms with Crippen LogP contribution in [0.5, 0.6) is 0 Å². The van der Waals surface area contributed by atoms with Crippen molar-refractivity contribution in [2.24, 2.45) is 34.5 Å². The first kappa shape index (κ1) is 22.4. The lowest BCUT2D eigenvalue weighted by atomic mass is 9.53. The fraction of sp³-hybridized carbons (Fsp3) is 1.00.